The summed E-state index contributed by atoms with van der Waals surface area (Å²) in [5.41, 5.74) is 1.78. The molecule has 0 aliphatic heterocycles. The van der Waals surface area contributed by atoms with Crippen molar-refractivity contribution in [3.05, 3.63) is 23.4 Å². The van der Waals surface area contributed by atoms with Crippen LogP contribution in [0.15, 0.2) is 12.1 Å². The molecule has 4 nitrogen and oxygen atoms in total. The van der Waals surface area contributed by atoms with Gasteiger partial charge in [-0.25, -0.2) is 4.98 Å². The number of aliphatic hydroxyl groups is 2. The maximum absolute atomic E-state index is 9.17. The third-order valence-electron chi connectivity index (χ3n) is 3.72. The molecule has 1 fully saturated rings. The molecule has 2 N–H and O–H groups in total. The van der Waals surface area contributed by atoms with Crippen molar-refractivity contribution in [3.63, 3.8) is 0 Å². The lowest BCUT2D eigenvalue weighted by molar-refractivity contribution is 0.280. The van der Waals surface area contributed by atoms with Crippen LogP contribution in [0.1, 0.15) is 36.9 Å². The number of nitrogens with zero attached hydrogens (tertiary/aromatic N) is 2. The van der Waals surface area contributed by atoms with Crippen molar-refractivity contribution >= 4 is 5.82 Å². The summed E-state index contributed by atoms with van der Waals surface area (Å²) in [7, 11) is 0. The van der Waals surface area contributed by atoms with Crippen LogP contribution in [0, 0.1) is 6.92 Å². The van der Waals surface area contributed by atoms with Crippen LogP contribution in [0.3, 0.4) is 0 Å². The van der Waals surface area contributed by atoms with E-state index in [9.17, 15) is 0 Å². The van der Waals surface area contributed by atoms with Gasteiger partial charge in [-0.05, 0) is 44.2 Å². The summed E-state index contributed by atoms with van der Waals surface area (Å²) in [4.78, 5) is 6.88. The molecule has 1 aliphatic carbocycles. The lowest BCUT2D eigenvalue weighted by atomic mass is 9.91. The van der Waals surface area contributed by atoms with E-state index in [0.717, 1.165) is 30.0 Å². The highest BCUT2D eigenvalue weighted by molar-refractivity contribution is 5.43. The Morgan fingerprint density at radius 1 is 1.33 bits per heavy atom. The van der Waals surface area contributed by atoms with Crippen molar-refractivity contribution in [2.24, 2.45) is 0 Å². The molecular weight excluding hydrogens is 228 g/mol. The molecule has 4 heteroatoms. The number of hydrogen-bond donors (Lipinski definition) is 2. The molecule has 18 heavy (non-hydrogen) atoms. The summed E-state index contributed by atoms with van der Waals surface area (Å²) in [6.07, 6.45) is 4.49. The molecule has 1 aromatic rings. The van der Waals surface area contributed by atoms with Crippen molar-refractivity contribution in [2.75, 3.05) is 18.1 Å². The van der Waals surface area contributed by atoms with Crippen molar-refractivity contribution < 1.29 is 10.2 Å². The molecule has 1 heterocycles. The number of hydrogen-bond acceptors (Lipinski definition) is 4. The molecule has 0 aromatic carbocycles. The Bertz CT molecular complexity index is 391. The fourth-order valence-electron chi connectivity index (χ4n) is 2.33. The Kier molecular flexibility index (Phi) is 4.55. The first-order chi connectivity index (χ1) is 8.76. The highest BCUT2D eigenvalue weighted by atomic mass is 16.3. The first-order valence-corrected chi connectivity index (χ1v) is 6.71. The highest BCUT2D eigenvalue weighted by Gasteiger charge is 2.25. The third kappa shape index (κ3) is 2.82. The van der Waals surface area contributed by atoms with Crippen molar-refractivity contribution in [1.29, 1.82) is 0 Å². The summed E-state index contributed by atoms with van der Waals surface area (Å²) in [5, 5.41) is 18.2. The van der Waals surface area contributed by atoms with Crippen LogP contribution in [0.2, 0.25) is 0 Å². The quantitative estimate of drug-likeness (QED) is 0.805. The Balaban J connectivity index is 2.15. The maximum atomic E-state index is 9.17. The second kappa shape index (κ2) is 6.16. The largest absolute Gasteiger partial charge is 0.396 e. The smallest absolute Gasteiger partial charge is 0.129 e. The van der Waals surface area contributed by atoms with Gasteiger partial charge in [0.05, 0.1) is 6.61 Å². The molecule has 0 spiro atoms. The molecule has 100 valence electrons. The molecular formula is C14H22N2O2. The van der Waals surface area contributed by atoms with Crippen molar-refractivity contribution in [2.45, 2.75) is 45.3 Å². The van der Waals surface area contributed by atoms with Gasteiger partial charge in [-0.3, -0.25) is 0 Å². The standard InChI is InChI=1S/C14H22N2O2/c1-11-12(10-18)6-7-14(15-11)16(8-3-9-17)13-4-2-5-13/h6-7,13,17-18H,2-5,8-10H2,1H3. The Morgan fingerprint density at radius 3 is 2.61 bits per heavy atom. The zero-order valence-corrected chi connectivity index (χ0v) is 11.0. The van der Waals surface area contributed by atoms with Crippen LogP contribution in [0.5, 0.6) is 0 Å². The SMILES string of the molecule is Cc1nc(N(CCCO)C2CCC2)ccc1CO. The monoisotopic (exact) mass is 250 g/mol. The van der Waals surface area contributed by atoms with E-state index in [2.05, 4.69) is 9.88 Å². The predicted octanol–water partition coefficient (Wildman–Crippen LogP) is 1.62. The van der Waals surface area contributed by atoms with Gasteiger partial charge in [0.1, 0.15) is 5.82 Å². The maximum Gasteiger partial charge on any atom is 0.129 e. The minimum atomic E-state index is 0.0409. The van der Waals surface area contributed by atoms with Gasteiger partial charge >= 0.3 is 0 Å². The number of aryl methyl sites for hydroxylation is 1. The fourth-order valence-corrected chi connectivity index (χ4v) is 2.33. The molecule has 1 aromatic heterocycles. The van der Waals surface area contributed by atoms with Gasteiger partial charge in [0.15, 0.2) is 0 Å². The summed E-state index contributed by atoms with van der Waals surface area (Å²) >= 11 is 0. The van der Waals surface area contributed by atoms with Crippen LogP contribution in [0.25, 0.3) is 0 Å². The van der Waals surface area contributed by atoms with Crippen LogP contribution < -0.4 is 4.90 Å². The van der Waals surface area contributed by atoms with Crippen molar-refractivity contribution in [1.82, 2.24) is 4.98 Å². The van der Waals surface area contributed by atoms with E-state index in [1.807, 2.05) is 19.1 Å². The molecule has 0 atom stereocenters. The van der Waals surface area contributed by atoms with Gasteiger partial charge in [-0.2, -0.15) is 0 Å². The summed E-state index contributed by atoms with van der Waals surface area (Å²) in [6, 6.07) is 4.50. The molecule has 0 unspecified atom stereocenters. The Morgan fingerprint density at radius 2 is 2.11 bits per heavy atom. The number of anilines is 1. The first-order valence-electron chi connectivity index (χ1n) is 6.71. The second-order valence-corrected chi connectivity index (χ2v) is 4.93. The topological polar surface area (TPSA) is 56.6 Å². The van der Waals surface area contributed by atoms with Gasteiger partial charge in [-0.15, -0.1) is 0 Å². The molecule has 1 saturated carbocycles. The third-order valence-corrected chi connectivity index (χ3v) is 3.72. The lowest BCUT2D eigenvalue weighted by Gasteiger charge is -2.38. The highest BCUT2D eigenvalue weighted by Crippen LogP contribution is 2.29. The van der Waals surface area contributed by atoms with Gasteiger partial charge in [-0.1, -0.05) is 6.07 Å². The summed E-state index contributed by atoms with van der Waals surface area (Å²) in [6.45, 7) is 3.04. The minimum Gasteiger partial charge on any atom is -0.396 e. The number of rotatable bonds is 6. The zero-order chi connectivity index (χ0) is 13.0. The molecule has 0 amide bonds. The molecule has 1 aliphatic rings. The molecule has 2 rings (SSSR count). The van der Waals surface area contributed by atoms with E-state index < -0.39 is 0 Å². The molecule has 0 saturated heterocycles. The first kappa shape index (κ1) is 13.3. The molecule has 0 radical (unpaired) electrons. The average Bonchev–Trinajstić information content (AvgIpc) is 2.32. The number of pyridine rings is 1. The predicted molar refractivity (Wildman–Crippen MR) is 71.6 cm³/mol. The van der Waals surface area contributed by atoms with Crippen LogP contribution in [-0.2, 0) is 6.61 Å². The lowest BCUT2D eigenvalue weighted by Crippen LogP contribution is -2.41. The Hall–Kier alpha value is -1.13. The normalized spacial score (nSPS) is 15.5. The minimum absolute atomic E-state index is 0.0409. The van der Waals surface area contributed by atoms with Crippen molar-refractivity contribution in [3.8, 4) is 0 Å². The average molecular weight is 250 g/mol. The zero-order valence-electron chi connectivity index (χ0n) is 11.0. The van der Waals surface area contributed by atoms with E-state index in [4.69, 9.17) is 10.2 Å². The van der Waals surface area contributed by atoms with Crippen LogP contribution in [0.4, 0.5) is 5.82 Å². The van der Waals surface area contributed by atoms with Crippen LogP contribution >= 0.6 is 0 Å². The van der Waals surface area contributed by atoms with E-state index in [1.54, 1.807) is 0 Å². The van der Waals surface area contributed by atoms with E-state index in [-0.39, 0.29) is 13.2 Å². The van der Waals surface area contributed by atoms with E-state index in [0.29, 0.717) is 6.04 Å². The van der Waals surface area contributed by atoms with E-state index in [1.165, 1.54) is 19.3 Å². The van der Waals surface area contributed by atoms with E-state index >= 15 is 0 Å². The fraction of sp³-hybridized carbons (Fsp3) is 0.643. The number of aromatic nitrogens is 1. The van der Waals surface area contributed by atoms with Gasteiger partial charge in [0.25, 0.3) is 0 Å². The van der Waals surface area contributed by atoms with Gasteiger partial charge in [0.2, 0.25) is 0 Å². The second-order valence-electron chi connectivity index (χ2n) is 4.93. The molecule has 0 bridgehead atoms. The van der Waals surface area contributed by atoms with Gasteiger partial charge in [0, 0.05) is 24.9 Å². The number of aliphatic hydroxyl groups excluding tert-OH is 2. The Labute approximate surface area is 108 Å². The van der Waals surface area contributed by atoms with Gasteiger partial charge < -0.3 is 15.1 Å². The van der Waals surface area contributed by atoms with Crippen LogP contribution in [-0.4, -0.2) is 34.4 Å². The summed E-state index contributed by atoms with van der Waals surface area (Å²) in [5.74, 6) is 0.975. The summed E-state index contributed by atoms with van der Waals surface area (Å²) < 4.78 is 0.